The summed E-state index contributed by atoms with van der Waals surface area (Å²) in [5.41, 5.74) is 0.911. The monoisotopic (exact) mass is 441 g/mol. The molecule has 1 N–H and O–H groups in total. The van der Waals surface area contributed by atoms with Gasteiger partial charge in [-0.2, -0.15) is 0 Å². The van der Waals surface area contributed by atoms with Gasteiger partial charge in [0.2, 0.25) is 6.79 Å². The molecule has 4 heterocycles. The van der Waals surface area contributed by atoms with Crippen LogP contribution < -0.4 is 20.3 Å². The largest absolute Gasteiger partial charge is 0.454 e. The lowest BCUT2D eigenvalue weighted by molar-refractivity contribution is -0.123. The maximum atomic E-state index is 12.8. The number of aryl methyl sites for hydroxylation is 2. The molecular weight excluding hydrogens is 422 g/mol. The van der Waals surface area contributed by atoms with E-state index in [0.717, 1.165) is 30.0 Å². The molecule has 0 radical (unpaired) electrons. The normalized spacial score (nSPS) is 15.0. The lowest BCUT2D eigenvalue weighted by Crippen LogP contribution is -2.30. The molecule has 0 saturated heterocycles. The minimum atomic E-state index is -1.04. The fraction of sp³-hybridized carbons (Fsp3) is 0.333. The second kappa shape index (κ2) is 7.38. The summed E-state index contributed by atoms with van der Waals surface area (Å²) in [7, 11) is 0. The van der Waals surface area contributed by atoms with Gasteiger partial charge in [-0.15, -0.1) is 11.3 Å². The second-order valence-corrected chi connectivity index (χ2v) is 8.43. The van der Waals surface area contributed by atoms with E-state index in [9.17, 15) is 14.4 Å². The first-order chi connectivity index (χ1) is 14.9. The zero-order valence-corrected chi connectivity index (χ0v) is 17.7. The van der Waals surface area contributed by atoms with Crippen LogP contribution in [0, 0.1) is 6.92 Å². The highest BCUT2D eigenvalue weighted by molar-refractivity contribution is 7.20. The van der Waals surface area contributed by atoms with Crippen molar-refractivity contribution in [3.8, 4) is 11.5 Å². The van der Waals surface area contributed by atoms with Gasteiger partial charge in [0.1, 0.15) is 15.5 Å². The van der Waals surface area contributed by atoms with Crippen LogP contribution in [0.4, 0.5) is 5.69 Å². The zero-order chi connectivity index (χ0) is 21.7. The smallest absolute Gasteiger partial charge is 0.349 e. The average Bonchev–Trinajstić information content (AvgIpc) is 3.46. The van der Waals surface area contributed by atoms with Gasteiger partial charge in [0.05, 0.1) is 5.39 Å². The van der Waals surface area contributed by atoms with Crippen LogP contribution in [-0.2, 0) is 22.5 Å². The summed E-state index contributed by atoms with van der Waals surface area (Å²) >= 11 is 1.12. The van der Waals surface area contributed by atoms with Gasteiger partial charge >= 0.3 is 5.97 Å². The summed E-state index contributed by atoms with van der Waals surface area (Å²) in [5, 5.41) is 3.14. The van der Waals surface area contributed by atoms with Crippen molar-refractivity contribution in [3.63, 3.8) is 0 Å². The van der Waals surface area contributed by atoms with Crippen LogP contribution in [0.5, 0.6) is 11.5 Å². The summed E-state index contributed by atoms with van der Waals surface area (Å²) in [6, 6.07) is 5.01. The standard InChI is InChI=1S/C21H19N3O6S/c1-10-16-19(23-15-4-3-7-24(15)20(16)26)31-17(10)21(27)30-11(2)18(25)22-12-5-6-13-14(8-12)29-9-28-13/h5-6,8,11H,3-4,7,9H2,1-2H3,(H,22,25). The van der Waals surface area contributed by atoms with Gasteiger partial charge < -0.3 is 19.5 Å². The molecule has 1 aromatic carbocycles. The number of amides is 1. The molecule has 0 fully saturated rings. The third-order valence-electron chi connectivity index (χ3n) is 5.39. The number of ether oxygens (including phenoxy) is 3. The Bertz CT molecular complexity index is 1290. The SMILES string of the molecule is Cc1c(C(=O)OC(C)C(=O)Nc2ccc3c(c2)OCO3)sc2nc3n(c(=O)c12)CCC3. The molecule has 1 amide bonds. The molecule has 1 atom stereocenters. The summed E-state index contributed by atoms with van der Waals surface area (Å²) in [6.45, 7) is 3.97. The Morgan fingerprint density at radius 3 is 2.94 bits per heavy atom. The molecule has 0 spiro atoms. The number of hydrogen-bond acceptors (Lipinski definition) is 8. The highest BCUT2D eigenvalue weighted by Crippen LogP contribution is 2.34. The van der Waals surface area contributed by atoms with Gasteiger partial charge in [-0.1, -0.05) is 0 Å². The number of rotatable bonds is 4. The molecule has 5 rings (SSSR count). The van der Waals surface area contributed by atoms with Crippen LogP contribution in [-0.4, -0.2) is 34.3 Å². The van der Waals surface area contributed by atoms with Gasteiger partial charge in [0.15, 0.2) is 17.6 Å². The Labute approximate surface area is 180 Å². The van der Waals surface area contributed by atoms with E-state index >= 15 is 0 Å². The maximum Gasteiger partial charge on any atom is 0.349 e. The molecule has 2 aliphatic heterocycles. The van der Waals surface area contributed by atoms with E-state index in [1.54, 1.807) is 29.7 Å². The van der Waals surface area contributed by atoms with Crippen molar-refractivity contribution >= 4 is 39.1 Å². The Balaban J connectivity index is 1.33. The first-order valence-corrected chi connectivity index (χ1v) is 10.7. The summed E-state index contributed by atoms with van der Waals surface area (Å²) in [5.74, 6) is 0.749. The first kappa shape index (κ1) is 19.6. The number of anilines is 1. The molecule has 1 unspecified atom stereocenters. The molecule has 0 saturated carbocycles. The number of nitrogens with one attached hydrogen (secondary N) is 1. The van der Waals surface area contributed by atoms with Gasteiger partial charge in [0.25, 0.3) is 11.5 Å². The van der Waals surface area contributed by atoms with E-state index < -0.39 is 18.0 Å². The predicted molar refractivity (Wildman–Crippen MR) is 113 cm³/mol. The van der Waals surface area contributed by atoms with Crippen molar-refractivity contribution in [2.45, 2.75) is 39.3 Å². The topological polar surface area (TPSA) is 109 Å². The predicted octanol–water partition coefficient (Wildman–Crippen LogP) is 2.63. The average molecular weight is 441 g/mol. The molecule has 3 aromatic rings. The van der Waals surface area contributed by atoms with Crippen LogP contribution >= 0.6 is 11.3 Å². The summed E-state index contributed by atoms with van der Waals surface area (Å²) in [6.07, 6.45) is 0.601. The van der Waals surface area contributed by atoms with E-state index in [1.165, 1.54) is 6.92 Å². The number of nitrogens with zero attached hydrogens (tertiary/aromatic N) is 2. The number of aromatic nitrogens is 2. The van der Waals surface area contributed by atoms with Crippen molar-refractivity contribution in [2.75, 3.05) is 12.1 Å². The summed E-state index contributed by atoms with van der Waals surface area (Å²) < 4.78 is 17.6. The molecule has 0 aliphatic carbocycles. The third kappa shape index (κ3) is 3.32. The van der Waals surface area contributed by atoms with Gasteiger partial charge in [-0.25, -0.2) is 9.78 Å². The van der Waals surface area contributed by atoms with E-state index in [0.29, 0.717) is 39.5 Å². The fourth-order valence-corrected chi connectivity index (χ4v) is 4.83. The van der Waals surface area contributed by atoms with Crippen molar-refractivity contribution in [2.24, 2.45) is 0 Å². The maximum absolute atomic E-state index is 12.8. The molecule has 160 valence electrons. The van der Waals surface area contributed by atoms with E-state index in [2.05, 4.69) is 10.3 Å². The van der Waals surface area contributed by atoms with Crippen LogP contribution in [0.15, 0.2) is 23.0 Å². The molecule has 2 aliphatic rings. The highest BCUT2D eigenvalue weighted by atomic mass is 32.1. The Kier molecular flexibility index (Phi) is 4.66. The lowest BCUT2D eigenvalue weighted by Gasteiger charge is -2.13. The molecule has 9 nitrogen and oxygen atoms in total. The molecule has 10 heteroatoms. The third-order valence-corrected chi connectivity index (χ3v) is 6.56. The van der Waals surface area contributed by atoms with Crippen molar-refractivity contribution < 1.29 is 23.8 Å². The molecular formula is C21H19N3O6S. The number of hydrogen-bond donors (Lipinski definition) is 1. The van der Waals surface area contributed by atoms with E-state index in [4.69, 9.17) is 14.2 Å². The minimum absolute atomic E-state index is 0.126. The fourth-order valence-electron chi connectivity index (χ4n) is 3.76. The van der Waals surface area contributed by atoms with Crippen molar-refractivity contribution in [1.29, 1.82) is 0 Å². The number of fused-ring (bicyclic) bond motifs is 3. The van der Waals surface area contributed by atoms with E-state index in [1.807, 2.05) is 0 Å². The number of thiophene rings is 1. The number of esters is 1. The number of carbonyl (C=O) groups excluding carboxylic acids is 2. The first-order valence-electron chi connectivity index (χ1n) is 9.86. The van der Waals surface area contributed by atoms with Gasteiger partial charge in [-0.05, 0) is 38.0 Å². The van der Waals surface area contributed by atoms with E-state index in [-0.39, 0.29) is 17.2 Å². The Morgan fingerprint density at radius 1 is 1.29 bits per heavy atom. The summed E-state index contributed by atoms with van der Waals surface area (Å²) in [4.78, 5) is 43.4. The van der Waals surface area contributed by atoms with Crippen molar-refractivity contribution in [1.82, 2.24) is 9.55 Å². The van der Waals surface area contributed by atoms with Crippen LogP contribution in [0.2, 0.25) is 0 Å². The zero-order valence-electron chi connectivity index (χ0n) is 16.9. The minimum Gasteiger partial charge on any atom is -0.454 e. The van der Waals surface area contributed by atoms with Crippen molar-refractivity contribution in [3.05, 3.63) is 44.8 Å². The quantitative estimate of drug-likeness (QED) is 0.620. The second-order valence-electron chi connectivity index (χ2n) is 7.43. The Hall–Kier alpha value is -3.40. The van der Waals surface area contributed by atoms with Crippen LogP contribution in [0.3, 0.4) is 0 Å². The lowest BCUT2D eigenvalue weighted by atomic mass is 10.2. The number of carbonyl (C=O) groups is 2. The van der Waals surface area contributed by atoms with Crippen LogP contribution in [0.25, 0.3) is 10.2 Å². The van der Waals surface area contributed by atoms with Gasteiger partial charge in [0, 0.05) is 24.7 Å². The molecule has 31 heavy (non-hydrogen) atoms. The van der Waals surface area contributed by atoms with Gasteiger partial charge in [-0.3, -0.25) is 14.2 Å². The molecule has 2 aromatic heterocycles. The Morgan fingerprint density at radius 2 is 2.10 bits per heavy atom. The van der Waals surface area contributed by atoms with Crippen LogP contribution in [0.1, 0.15) is 34.4 Å². The highest BCUT2D eigenvalue weighted by Gasteiger charge is 2.26. The number of benzene rings is 1. The molecule has 0 bridgehead atoms.